The van der Waals surface area contributed by atoms with Gasteiger partial charge in [-0.1, -0.05) is 13.0 Å². The third kappa shape index (κ3) is 2.68. The van der Waals surface area contributed by atoms with E-state index in [2.05, 4.69) is 21.9 Å². The SMILES string of the molecule is C[C@@H]1CN(c2ccccn2)C[C@H]1C(=O)N(C)c1ccn(C)n1. The number of carbonyl (C=O) groups excluding carboxylic acids is 1. The van der Waals surface area contributed by atoms with Gasteiger partial charge < -0.3 is 4.90 Å². The van der Waals surface area contributed by atoms with Gasteiger partial charge >= 0.3 is 0 Å². The summed E-state index contributed by atoms with van der Waals surface area (Å²) in [5, 5.41) is 4.30. The first-order valence-corrected chi connectivity index (χ1v) is 7.49. The van der Waals surface area contributed by atoms with E-state index in [4.69, 9.17) is 0 Å². The van der Waals surface area contributed by atoms with Gasteiger partial charge in [0, 0.05) is 45.6 Å². The largest absolute Gasteiger partial charge is 0.356 e. The van der Waals surface area contributed by atoms with Crippen molar-refractivity contribution < 1.29 is 4.79 Å². The minimum atomic E-state index is -0.0333. The Hall–Kier alpha value is -2.37. The highest BCUT2D eigenvalue weighted by atomic mass is 16.2. The first-order chi connectivity index (χ1) is 10.6. The maximum absolute atomic E-state index is 12.8. The summed E-state index contributed by atoms with van der Waals surface area (Å²) in [7, 11) is 3.64. The molecule has 0 radical (unpaired) electrons. The normalized spacial score (nSPS) is 21.1. The van der Waals surface area contributed by atoms with Crippen LogP contribution in [0.4, 0.5) is 11.6 Å². The summed E-state index contributed by atoms with van der Waals surface area (Å²) in [4.78, 5) is 21.0. The van der Waals surface area contributed by atoms with Gasteiger partial charge in [0.15, 0.2) is 5.82 Å². The van der Waals surface area contributed by atoms with E-state index in [0.29, 0.717) is 18.3 Å². The van der Waals surface area contributed by atoms with Gasteiger partial charge in [-0.05, 0) is 18.1 Å². The molecule has 6 nitrogen and oxygen atoms in total. The molecule has 2 atom stereocenters. The van der Waals surface area contributed by atoms with Crippen molar-refractivity contribution in [3.8, 4) is 0 Å². The van der Waals surface area contributed by atoms with Gasteiger partial charge in [-0.3, -0.25) is 14.4 Å². The smallest absolute Gasteiger partial charge is 0.233 e. The van der Waals surface area contributed by atoms with Crippen molar-refractivity contribution >= 4 is 17.5 Å². The fourth-order valence-corrected chi connectivity index (χ4v) is 2.96. The molecule has 0 spiro atoms. The average molecular weight is 299 g/mol. The summed E-state index contributed by atoms with van der Waals surface area (Å²) >= 11 is 0. The first-order valence-electron chi connectivity index (χ1n) is 7.49. The van der Waals surface area contributed by atoms with Crippen molar-refractivity contribution in [2.45, 2.75) is 6.92 Å². The van der Waals surface area contributed by atoms with Gasteiger partial charge in [-0.15, -0.1) is 0 Å². The Bertz CT molecular complexity index is 654. The Morgan fingerprint density at radius 2 is 2.14 bits per heavy atom. The molecule has 1 fully saturated rings. The standard InChI is InChI=1S/C16H21N5O/c1-12-10-21(14-6-4-5-8-17-14)11-13(12)16(22)20(3)15-7-9-19(2)18-15/h4-9,12-13H,10-11H2,1-3H3/t12-,13-/m1/s1. The first kappa shape index (κ1) is 14.6. The molecule has 3 rings (SSSR count). The third-order valence-corrected chi connectivity index (χ3v) is 4.28. The quantitative estimate of drug-likeness (QED) is 0.863. The zero-order valence-corrected chi connectivity index (χ0v) is 13.2. The summed E-state index contributed by atoms with van der Waals surface area (Å²) in [6, 6.07) is 7.72. The molecule has 0 bridgehead atoms. The number of aryl methyl sites for hydroxylation is 1. The second kappa shape index (κ2) is 5.79. The summed E-state index contributed by atoms with van der Waals surface area (Å²) in [6.45, 7) is 3.68. The summed E-state index contributed by atoms with van der Waals surface area (Å²) < 4.78 is 1.71. The van der Waals surface area contributed by atoms with Crippen molar-refractivity contribution in [3.05, 3.63) is 36.7 Å². The molecule has 0 saturated carbocycles. The number of hydrogen-bond acceptors (Lipinski definition) is 4. The Labute approximate surface area is 130 Å². The van der Waals surface area contributed by atoms with Crippen LogP contribution >= 0.6 is 0 Å². The summed E-state index contributed by atoms with van der Waals surface area (Å²) in [5.41, 5.74) is 0. The second-order valence-corrected chi connectivity index (χ2v) is 5.92. The molecule has 116 valence electrons. The lowest BCUT2D eigenvalue weighted by Crippen LogP contribution is -2.36. The number of nitrogens with zero attached hydrogens (tertiary/aromatic N) is 5. The fourth-order valence-electron chi connectivity index (χ4n) is 2.96. The van der Waals surface area contributed by atoms with Crippen LogP contribution in [-0.2, 0) is 11.8 Å². The molecule has 0 unspecified atom stereocenters. The van der Waals surface area contributed by atoms with Crippen LogP contribution in [0.3, 0.4) is 0 Å². The Morgan fingerprint density at radius 3 is 2.77 bits per heavy atom. The number of hydrogen-bond donors (Lipinski definition) is 0. The molecule has 1 saturated heterocycles. The topological polar surface area (TPSA) is 54.3 Å². The van der Waals surface area contributed by atoms with Gasteiger partial charge in [0.25, 0.3) is 0 Å². The molecule has 2 aromatic heterocycles. The molecule has 3 heterocycles. The summed E-state index contributed by atoms with van der Waals surface area (Å²) in [5.74, 6) is 2.00. The number of rotatable bonds is 3. The number of pyridine rings is 1. The molecule has 1 aliphatic rings. The molecule has 1 aliphatic heterocycles. The third-order valence-electron chi connectivity index (χ3n) is 4.28. The van der Waals surface area contributed by atoms with Gasteiger partial charge in [0.1, 0.15) is 5.82 Å². The van der Waals surface area contributed by atoms with Crippen LogP contribution in [0.25, 0.3) is 0 Å². The van der Waals surface area contributed by atoms with Gasteiger partial charge in [0.05, 0.1) is 5.92 Å². The van der Waals surface area contributed by atoms with Crippen molar-refractivity contribution in [3.63, 3.8) is 0 Å². The highest BCUT2D eigenvalue weighted by molar-refractivity contribution is 5.94. The van der Waals surface area contributed by atoms with Crippen LogP contribution < -0.4 is 9.80 Å². The number of anilines is 2. The van der Waals surface area contributed by atoms with Crippen LogP contribution in [0, 0.1) is 11.8 Å². The highest BCUT2D eigenvalue weighted by Gasteiger charge is 2.37. The van der Waals surface area contributed by atoms with Crippen LogP contribution in [-0.4, -0.2) is 40.8 Å². The second-order valence-electron chi connectivity index (χ2n) is 5.92. The Kier molecular flexibility index (Phi) is 3.83. The lowest BCUT2D eigenvalue weighted by Gasteiger charge is -2.21. The number of aromatic nitrogens is 3. The maximum Gasteiger partial charge on any atom is 0.233 e. The van der Waals surface area contributed by atoms with Crippen LogP contribution in [0.1, 0.15) is 6.92 Å². The molecule has 6 heteroatoms. The van der Waals surface area contributed by atoms with E-state index in [1.807, 2.05) is 37.5 Å². The predicted molar refractivity (Wildman–Crippen MR) is 85.7 cm³/mol. The minimum absolute atomic E-state index is 0.0333. The van der Waals surface area contributed by atoms with Crippen molar-refractivity contribution in [2.24, 2.45) is 18.9 Å². The predicted octanol–water partition coefficient (Wildman–Crippen LogP) is 1.55. The maximum atomic E-state index is 12.8. The van der Waals surface area contributed by atoms with Crippen molar-refractivity contribution in [1.29, 1.82) is 0 Å². The zero-order valence-electron chi connectivity index (χ0n) is 13.2. The minimum Gasteiger partial charge on any atom is -0.356 e. The van der Waals surface area contributed by atoms with Crippen molar-refractivity contribution in [2.75, 3.05) is 29.9 Å². The fraction of sp³-hybridized carbons (Fsp3) is 0.438. The zero-order chi connectivity index (χ0) is 15.7. The average Bonchev–Trinajstić information content (AvgIpc) is 3.13. The molecule has 0 N–H and O–H groups in total. The van der Waals surface area contributed by atoms with Crippen LogP contribution in [0.2, 0.25) is 0 Å². The van der Waals surface area contributed by atoms with E-state index in [1.165, 1.54) is 0 Å². The molecule has 0 aromatic carbocycles. The number of amides is 1. The Morgan fingerprint density at radius 1 is 1.32 bits per heavy atom. The van der Waals surface area contributed by atoms with Gasteiger partial charge in [-0.25, -0.2) is 4.98 Å². The molecule has 1 amide bonds. The molecular weight excluding hydrogens is 278 g/mol. The van der Waals surface area contributed by atoms with E-state index >= 15 is 0 Å². The van der Waals surface area contributed by atoms with E-state index in [1.54, 1.807) is 22.8 Å². The lowest BCUT2D eigenvalue weighted by atomic mass is 9.97. The molecular formula is C16H21N5O. The molecule has 0 aliphatic carbocycles. The van der Waals surface area contributed by atoms with Crippen LogP contribution in [0.15, 0.2) is 36.7 Å². The van der Waals surface area contributed by atoms with Gasteiger partial charge in [-0.2, -0.15) is 5.10 Å². The molecule has 2 aromatic rings. The highest BCUT2D eigenvalue weighted by Crippen LogP contribution is 2.28. The monoisotopic (exact) mass is 299 g/mol. The van der Waals surface area contributed by atoms with E-state index < -0.39 is 0 Å². The molecule has 22 heavy (non-hydrogen) atoms. The van der Waals surface area contributed by atoms with E-state index in [9.17, 15) is 4.79 Å². The Balaban J connectivity index is 1.73. The number of carbonyl (C=O) groups is 1. The lowest BCUT2D eigenvalue weighted by molar-refractivity contribution is -0.122. The van der Waals surface area contributed by atoms with Gasteiger partial charge in [0.2, 0.25) is 5.91 Å². The van der Waals surface area contributed by atoms with Crippen molar-refractivity contribution in [1.82, 2.24) is 14.8 Å². The van der Waals surface area contributed by atoms with E-state index in [0.717, 1.165) is 12.4 Å². The van der Waals surface area contributed by atoms with E-state index in [-0.39, 0.29) is 11.8 Å². The van der Waals surface area contributed by atoms with Crippen LogP contribution in [0.5, 0.6) is 0 Å². The summed E-state index contributed by atoms with van der Waals surface area (Å²) in [6.07, 6.45) is 3.63.